The Bertz CT molecular complexity index is 1620. The molecule has 2 aromatic heterocycles. The number of para-hydroxylation sites is 1. The zero-order chi connectivity index (χ0) is 26.6. The molecule has 0 radical (unpaired) electrons. The number of carbonyl (C=O) groups excluding carboxylic acids is 2. The van der Waals surface area contributed by atoms with E-state index in [1.165, 1.54) is 6.92 Å². The second-order valence-electron chi connectivity index (χ2n) is 8.51. The van der Waals surface area contributed by atoms with Crippen molar-refractivity contribution in [2.24, 2.45) is 0 Å². The molecule has 0 atom stereocenters. The standard InChI is InChI=1S/C28H26N6O4/c1-4-34-31-26(30-32-34)22-10-7-6-9-21(22)20-15-13-19(14-16-20)17-33-25-23(27(36)38-18(3)35)11-8-12-24(25)29-28(33)37-5-2/h6-16H,4-5,17H2,1-3H3. The number of tetrazole rings is 1. The van der Waals surface area contributed by atoms with Crippen molar-refractivity contribution in [3.63, 3.8) is 0 Å². The van der Waals surface area contributed by atoms with E-state index in [0.29, 0.717) is 42.6 Å². The zero-order valence-corrected chi connectivity index (χ0v) is 21.3. The van der Waals surface area contributed by atoms with Crippen LogP contribution in [-0.4, -0.2) is 48.3 Å². The number of nitrogens with zero attached hydrogens (tertiary/aromatic N) is 6. The van der Waals surface area contributed by atoms with Crippen LogP contribution < -0.4 is 4.74 Å². The van der Waals surface area contributed by atoms with Gasteiger partial charge >= 0.3 is 11.9 Å². The van der Waals surface area contributed by atoms with E-state index in [2.05, 4.69) is 20.4 Å². The molecule has 0 saturated heterocycles. The largest absolute Gasteiger partial charge is 0.465 e. The van der Waals surface area contributed by atoms with Crippen LogP contribution in [0.1, 0.15) is 36.7 Å². The molecule has 5 rings (SSSR count). The van der Waals surface area contributed by atoms with E-state index in [0.717, 1.165) is 22.3 Å². The summed E-state index contributed by atoms with van der Waals surface area (Å²) < 4.78 is 12.5. The number of aromatic nitrogens is 6. The first-order valence-electron chi connectivity index (χ1n) is 12.3. The number of hydrogen-bond donors (Lipinski definition) is 0. The highest BCUT2D eigenvalue weighted by atomic mass is 16.6. The normalized spacial score (nSPS) is 11.0. The van der Waals surface area contributed by atoms with Crippen LogP contribution in [0.4, 0.5) is 0 Å². The Hall–Kier alpha value is -4.86. The number of esters is 2. The molecule has 0 bridgehead atoms. The lowest BCUT2D eigenvalue weighted by atomic mass is 9.98. The van der Waals surface area contributed by atoms with Crippen LogP contribution in [0.5, 0.6) is 6.01 Å². The van der Waals surface area contributed by atoms with Crippen molar-refractivity contribution in [1.29, 1.82) is 0 Å². The fourth-order valence-electron chi connectivity index (χ4n) is 4.29. The van der Waals surface area contributed by atoms with Crippen molar-refractivity contribution < 1.29 is 19.1 Å². The highest BCUT2D eigenvalue weighted by Gasteiger charge is 2.21. The third-order valence-corrected chi connectivity index (χ3v) is 5.97. The van der Waals surface area contributed by atoms with Gasteiger partial charge in [-0.15, -0.1) is 10.2 Å². The second kappa shape index (κ2) is 10.6. The van der Waals surface area contributed by atoms with Crippen molar-refractivity contribution in [3.8, 4) is 28.5 Å². The average molecular weight is 511 g/mol. The van der Waals surface area contributed by atoms with Gasteiger partial charge in [0.15, 0.2) is 0 Å². The Balaban J connectivity index is 1.51. The fourth-order valence-corrected chi connectivity index (χ4v) is 4.29. The molecule has 0 aliphatic heterocycles. The van der Waals surface area contributed by atoms with Gasteiger partial charge in [0.1, 0.15) is 0 Å². The minimum absolute atomic E-state index is 0.245. The Morgan fingerprint density at radius 2 is 1.68 bits per heavy atom. The Labute approximate surface area is 218 Å². The molecule has 10 nitrogen and oxygen atoms in total. The van der Waals surface area contributed by atoms with E-state index in [1.807, 2.05) is 66.9 Å². The summed E-state index contributed by atoms with van der Waals surface area (Å²) in [5.41, 5.74) is 5.22. The molecule has 2 heterocycles. The van der Waals surface area contributed by atoms with Gasteiger partial charge in [0.2, 0.25) is 5.82 Å². The smallest absolute Gasteiger partial charge is 0.347 e. The molecule has 0 spiro atoms. The van der Waals surface area contributed by atoms with Crippen LogP contribution in [0.2, 0.25) is 0 Å². The van der Waals surface area contributed by atoms with E-state index in [-0.39, 0.29) is 5.56 Å². The molecule has 0 fully saturated rings. The highest BCUT2D eigenvalue weighted by Crippen LogP contribution is 2.31. The molecule has 5 aromatic rings. The molecule has 0 aliphatic carbocycles. The molecule has 0 aliphatic rings. The first kappa shape index (κ1) is 24.8. The molecule has 0 unspecified atom stereocenters. The maximum absolute atomic E-state index is 12.7. The number of ether oxygens (including phenoxy) is 2. The van der Waals surface area contributed by atoms with Crippen molar-refractivity contribution in [2.75, 3.05) is 6.61 Å². The molecular formula is C28H26N6O4. The minimum Gasteiger partial charge on any atom is -0.465 e. The molecule has 0 saturated carbocycles. The predicted octanol–water partition coefficient (Wildman–Crippen LogP) is 4.53. The van der Waals surface area contributed by atoms with Gasteiger partial charge in [-0.05, 0) is 47.9 Å². The van der Waals surface area contributed by atoms with Crippen molar-refractivity contribution in [3.05, 3.63) is 77.9 Å². The molecule has 0 amide bonds. The van der Waals surface area contributed by atoms with Crippen LogP contribution in [0.15, 0.2) is 66.7 Å². The van der Waals surface area contributed by atoms with Crippen molar-refractivity contribution >= 4 is 23.0 Å². The topological polar surface area (TPSA) is 114 Å². The van der Waals surface area contributed by atoms with Crippen LogP contribution in [0.25, 0.3) is 33.5 Å². The van der Waals surface area contributed by atoms with Gasteiger partial charge in [0, 0.05) is 12.5 Å². The SMILES string of the molecule is CCOc1nc2cccc(C(=O)OC(C)=O)c2n1Cc1ccc(-c2ccccc2-c2nnn(CC)n2)cc1. The number of imidazole rings is 1. The lowest BCUT2D eigenvalue weighted by molar-refractivity contribution is -0.135. The lowest BCUT2D eigenvalue weighted by Crippen LogP contribution is -2.12. The monoisotopic (exact) mass is 510 g/mol. The third kappa shape index (κ3) is 4.88. The van der Waals surface area contributed by atoms with Gasteiger partial charge in [-0.3, -0.25) is 9.36 Å². The first-order valence-corrected chi connectivity index (χ1v) is 12.3. The van der Waals surface area contributed by atoms with Crippen molar-refractivity contribution in [1.82, 2.24) is 29.8 Å². The summed E-state index contributed by atoms with van der Waals surface area (Å²) in [6.07, 6.45) is 0. The highest BCUT2D eigenvalue weighted by molar-refractivity contribution is 6.05. The van der Waals surface area contributed by atoms with E-state index >= 15 is 0 Å². The van der Waals surface area contributed by atoms with Crippen LogP contribution in [0.3, 0.4) is 0 Å². The van der Waals surface area contributed by atoms with Gasteiger partial charge in [-0.25, -0.2) is 4.79 Å². The van der Waals surface area contributed by atoms with E-state index in [9.17, 15) is 9.59 Å². The Morgan fingerprint density at radius 3 is 2.37 bits per heavy atom. The summed E-state index contributed by atoms with van der Waals surface area (Å²) in [7, 11) is 0. The van der Waals surface area contributed by atoms with Crippen molar-refractivity contribution in [2.45, 2.75) is 33.9 Å². The quantitative estimate of drug-likeness (QED) is 0.221. The van der Waals surface area contributed by atoms with Gasteiger partial charge in [-0.2, -0.15) is 9.78 Å². The maximum atomic E-state index is 12.7. The van der Waals surface area contributed by atoms with Gasteiger partial charge < -0.3 is 9.47 Å². The lowest BCUT2D eigenvalue weighted by Gasteiger charge is -2.12. The summed E-state index contributed by atoms with van der Waals surface area (Å²) in [5.74, 6) is -0.831. The van der Waals surface area contributed by atoms with Gasteiger partial charge in [-0.1, -0.05) is 54.6 Å². The van der Waals surface area contributed by atoms with Crippen LogP contribution >= 0.6 is 0 Å². The number of carbonyl (C=O) groups is 2. The van der Waals surface area contributed by atoms with Gasteiger partial charge in [0.25, 0.3) is 6.01 Å². The molecule has 38 heavy (non-hydrogen) atoms. The molecule has 3 aromatic carbocycles. The van der Waals surface area contributed by atoms with Crippen LogP contribution in [0, 0.1) is 0 Å². The summed E-state index contributed by atoms with van der Waals surface area (Å²) in [5, 5.41) is 12.8. The molecule has 192 valence electrons. The summed E-state index contributed by atoms with van der Waals surface area (Å²) in [6.45, 7) is 6.47. The summed E-state index contributed by atoms with van der Waals surface area (Å²) in [6, 6.07) is 21.5. The van der Waals surface area contributed by atoms with Gasteiger partial charge in [0.05, 0.1) is 36.3 Å². The molecule has 0 N–H and O–H groups in total. The number of fused-ring (bicyclic) bond motifs is 1. The Kier molecular flexibility index (Phi) is 6.94. The average Bonchev–Trinajstić information content (AvgIpc) is 3.54. The Morgan fingerprint density at radius 1 is 0.921 bits per heavy atom. The summed E-state index contributed by atoms with van der Waals surface area (Å²) >= 11 is 0. The number of rotatable bonds is 8. The number of aryl methyl sites for hydroxylation is 1. The number of hydrogen-bond acceptors (Lipinski definition) is 8. The first-order chi connectivity index (χ1) is 18.5. The number of benzene rings is 3. The van der Waals surface area contributed by atoms with E-state index < -0.39 is 11.9 Å². The molecular weight excluding hydrogens is 484 g/mol. The second-order valence-corrected chi connectivity index (χ2v) is 8.51. The summed E-state index contributed by atoms with van der Waals surface area (Å²) in [4.78, 5) is 30.2. The fraction of sp³-hybridized carbons (Fsp3) is 0.214. The zero-order valence-electron chi connectivity index (χ0n) is 21.3. The van der Waals surface area contributed by atoms with E-state index in [1.54, 1.807) is 23.0 Å². The third-order valence-electron chi connectivity index (χ3n) is 5.97. The van der Waals surface area contributed by atoms with E-state index in [4.69, 9.17) is 9.47 Å². The predicted molar refractivity (Wildman–Crippen MR) is 140 cm³/mol. The van der Waals surface area contributed by atoms with Crippen LogP contribution in [-0.2, 0) is 22.6 Å². The minimum atomic E-state index is -0.729. The maximum Gasteiger partial charge on any atom is 0.347 e. The molecule has 10 heteroatoms.